The molecule has 140 valence electrons. The summed E-state index contributed by atoms with van der Waals surface area (Å²) in [5.74, 6) is -0.176. The molecule has 2 amide bonds. The topological polar surface area (TPSA) is 49.4 Å². The molecule has 2 aliphatic heterocycles. The number of nitrogens with zero attached hydrogens (tertiary/aromatic N) is 1. The highest BCUT2D eigenvalue weighted by molar-refractivity contribution is 6.36. The number of carbonyl (C=O) groups excluding carboxylic acids is 2. The van der Waals surface area contributed by atoms with E-state index in [2.05, 4.69) is 12.2 Å². The van der Waals surface area contributed by atoms with Gasteiger partial charge in [0.05, 0.1) is 16.4 Å². The Hall–Kier alpha value is -2.04. The zero-order valence-corrected chi connectivity index (χ0v) is 16.5. The van der Waals surface area contributed by atoms with Gasteiger partial charge in [0.2, 0.25) is 11.8 Å². The molecule has 27 heavy (non-hydrogen) atoms. The van der Waals surface area contributed by atoms with E-state index in [1.54, 1.807) is 6.07 Å². The van der Waals surface area contributed by atoms with E-state index in [4.69, 9.17) is 23.2 Å². The van der Waals surface area contributed by atoms with Crippen molar-refractivity contribution in [3.63, 3.8) is 0 Å². The molecule has 0 bridgehead atoms. The lowest BCUT2D eigenvalue weighted by atomic mass is 9.82. The molecule has 2 aromatic carbocycles. The van der Waals surface area contributed by atoms with Gasteiger partial charge in [0, 0.05) is 29.8 Å². The van der Waals surface area contributed by atoms with Crippen LogP contribution in [0.25, 0.3) is 0 Å². The number of piperidine rings is 1. The van der Waals surface area contributed by atoms with Crippen LogP contribution in [0.2, 0.25) is 10.0 Å². The summed E-state index contributed by atoms with van der Waals surface area (Å²) in [7, 11) is 0. The average Bonchev–Trinajstić information content (AvgIpc) is 2.62. The molecular weight excluding hydrogens is 383 g/mol. The zero-order valence-electron chi connectivity index (χ0n) is 15.0. The van der Waals surface area contributed by atoms with Crippen LogP contribution in [0.1, 0.15) is 49.7 Å². The molecule has 1 fully saturated rings. The first-order valence-corrected chi connectivity index (χ1v) is 9.91. The van der Waals surface area contributed by atoms with Crippen molar-refractivity contribution in [2.24, 2.45) is 0 Å². The number of rotatable bonds is 2. The Balaban J connectivity index is 1.77. The van der Waals surface area contributed by atoms with E-state index in [9.17, 15) is 9.59 Å². The standard InChI is InChI=1S/C21H20Cl2N2O2/c1-12-8-16(17-10-14(22)11-18(23)21(17)24-12)13-4-2-5-15(9-13)25-19(26)6-3-7-20(25)27/h2,4-5,9-12,16,24H,3,6-8H2,1H3/t12-,16?/m0/s1. The molecule has 2 aliphatic rings. The minimum Gasteiger partial charge on any atom is -0.381 e. The second-order valence-corrected chi connectivity index (χ2v) is 8.10. The fourth-order valence-electron chi connectivity index (χ4n) is 4.04. The second kappa shape index (κ2) is 7.17. The van der Waals surface area contributed by atoms with Gasteiger partial charge in [0.1, 0.15) is 0 Å². The summed E-state index contributed by atoms with van der Waals surface area (Å²) >= 11 is 12.7. The number of hydrogen-bond donors (Lipinski definition) is 1. The fraction of sp³-hybridized carbons (Fsp3) is 0.333. The van der Waals surface area contributed by atoms with Crippen molar-refractivity contribution < 1.29 is 9.59 Å². The Labute approximate surface area is 168 Å². The summed E-state index contributed by atoms with van der Waals surface area (Å²) in [6.45, 7) is 2.11. The Morgan fingerprint density at radius 3 is 2.56 bits per heavy atom. The van der Waals surface area contributed by atoms with Gasteiger partial charge < -0.3 is 5.32 Å². The molecule has 6 heteroatoms. The van der Waals surface area contributed by atoms with Crippen LogP contribution in [0.15, 0.2) is 36.4 Å². The molecule has 0 aliphatic carbocycles. The Morgan fingerprint density at radius 1 is 1.07 bits per heavy atom. The molecule has 0 aromatic heterocycles. The first kappa shape index (κ1) is 18.3. The van der Waals surface area contributed by atoms with Crippen molar-refractivity contribution in [2.45, 2.75) is 44.6 Å². The smallest absolute Gasteiger partial charge is 0.233 e. The van der Waals surface area contributed by atoms with Gasteiger partial charge in [0.15, 0.2) is 0 Å². The van der Waals surface area contributed by atoms with Crippen molar-refractivity contribution in [3.8, 4) is 0 Å². The number of carbonyl (C=O) groups is 2. The Morgan fingerprint density at radius 2 is 1.81 bits per heavy atom. The average molecular weight is 403 g/mol. The molecular formula is C21H20Cl2N2O2. The van der Waals surface area contributed by atoms with Crippen LogP contribution < -0.4 is 10.2 Å². The summed E-state index contributed by atoms with van der Waals surface area (Å²) in [5, 5.41) is 4.64. The van der Waals surface area contributed by atoms with Crippen LogP contribution >= 0.6 is 23.2 Å². The lowest BCUT2D eigenvalue weighted by molar-refractivity contribution is -0.129. The molecule has 2 aromatic rings. The number of imide groups is 1. The van der Waals surface area contributed by atoms with Crippen molar-refractivity contribution in [1.82, 2.24) is 0 Å². The van der Waals surface area contributed by atoms with E-state index in [1.165, 1.54) is 4.90 Å². The first-order chi connectivity index (χ1) is 12.9. The van der Waals surface area contributed by atoms with Crippen LogP contribution in [0.5, 0.6) is 0 Å². The number of halogens is 2. The maximum absolute atomic E-state index is 12.3. The van der Waals surface area contributed by atoms with E-state index in [-0.39, 0.29) is 23.8 Å². The highest BCUT2D eigenvalue weighted by Gasteiger charge is 2.30. The summed E-state index contributed by atoms with van der Waals surface area (Å²) in [6.07, 6.45) is 2.32. The molecule has 0 spiro atoms. The number of hydrogen-bond acceptors (Lipinski definition) is 3. The Kier molecular flexibility index (Phi) is 4.87. The van der Waals surface area contributed by atoms with Gasteiger partial charge in [-0.15, -0.1) is 0 Å². The monoisotopic (exact) mass is 402 g/mol. The predicted octanol–water partition coefficient (Wildman–Crippen LogP) is 5.37. The summed E-state index contributed by atoms with van der Waals surface area (Å²) in [5.41, 5.74) is 3.63. The van der Waals surface area contributed by atoms with Crippen LogP contribution in [-0.4, -0.2) is 17.9 Å². The van der Waals surface area contributed by atoms with Gasteiger partial charge in [-0.05, 0) is 55.2 Å². The molecule has 2 heterocycles. The van der Waals surface area contributed by atoms with Crippen molar-refractivity contribution >= 4 is 46.4 Å². The molecule has 2 atom stereocenters. The zero-order chi connectivity index (χ0) is 19.1. The lowest BCUT2D eigenvalue weighted by Gasteiger charge is -2.33. The van der Waals surface area contributed by atoms with Crippen molar-refractivity contribution in [2.75, 3.05) is 10.2 Å². The van der Waals surface area contributed by atoms with Gasteiger partial charge in [-0.3, -0.25) is 14.5 Å². The number of anilines is 2. The normalized spacial score (nSPS) is 22.4. The van der Waals surface area contributed by atoms with E-state index in [0.29, 0.717) is 35.0 Å². The quantitative estimate of drug-likeness (QED) is 0.686. The third-order valence-corrected chi connectivity index (χ3v) is 5.77. The van der Waals surface area contributed by atoms with E-state index < -0.39 is 0 Å². The molecule has 1 unspecified atom stereocenters. The summed E-state index contributed by atoms with van der Waals surface area (Å²) in [6, 6.07) is 11.6. The van der Waals surface area contributed by atoms with Gasteiger partial charge in [-0.25, -0.2) is 0 Å². The maximum Gasteiger partial charge on any atom is 0.233 e. The third-order valence-electron chi connectivity index (χ3n) is 5.25. The molecule has 1 saturated heterocycles. The van der Waals surface area contributed by atoms with Crippen LogP contribution in [-0.2, 0) is 9.59 Å². The van der Waals surface area contributed by atoms with E-state index in [1.807, 2.05) is 30.3 Å². The number of amides is 2. The van der Waals surface area contributed by atoms with Gasteiger partial charge in [-0.2, -0.15) is 0 Å². The molecule has 4 rings (SSSR count). The van der Waals surface area contributed by atoms with Crippen LogP contribution in [0.4, 0.5) is 11.4 Å². The number of benzene rings is 2. The van der Waals surface area contributed by atoms with Crippen LogP contribution in [0.3, 0.4) is 0 Å². The predicted molar refractivity (Wildman–Crippen MR) is 109 cm³/mol. The largest absolute Gasteiger partial charge is 0.381 e. The van der Waals surface area contributed by atoms with Gasteiger partial charge in [-0.1, -0.05) is 35.3 Å². The van der Waals surface area contributed by atoms with Gasteiger partial charge in [0.25, 0.3) is 0 Å². The van der Waals surface area contributed by atoms with Gasteiger partial charge >= 0.3 is 0 Å². The first-order valence-electron chi connectivity index (χ1n) is 9.15. The maximum atomic E-state index is 12.3. The second-order valence-electron chi connectivity index (χ2n) is 7.26. The lowest BCUT2D eigenvalue weighted by Crippen LogP contribution is -2.40. The number of nitrogens with one attached hydrogen (secondary N) is 1. The van der Waals surface area contributed by atoms with E-state index >= 15 is 0 Å². The number of fused-ring (bicyclic) bond motifs is 1. The van der Waals surface area contributed by atoms with Crippen molar-refractivity contribution in [3.05, 3.63) is 57.6 Å². The van der Waals surface area contributed by atoms with E-state index in [0.717, 1.165) is 23.2 Å². The molecule has 0 saturated carbocycles. The molecule has 0 radical (unpaired) electrons. The highest BCUT2D eigenvalue weighted by atomic mass is 35.5. The third kappa shape index (κ3) is 3.44. The molecule has 4 nitrogen and oxygen atoms in total. The minimum atomic E-state index is -0.131. The Bertz CT molecular complexity index is 912. The summed E-state index contributed by atoms with van der Waals surface area (Å²) in [4.78, 5) is 25.9. The SMILES string of the molecule is C[C@H]1CC(c2cccc(N3C(=O)CCCC3=O)c2)c2cc(Cl)cc(Cl)c2N1. The minimum absolute atomic E-state index is 0.0856. The molecule has 1 N–H and O–H groups in total. The highest BCUT2D eigenvalue weighted by Crippen LogP contribution is 2.44. The van der Waals surface area contributed by atoms with Crippen molar-refractivity contribution in [1.29, 1.82) is 0 Å². The van der Waals surface area contributed by atoms with Crippen LogP contribution in [0, 0.1) is 0 Å². The summed E-state index contributed by atoms with van der Waals surface area (Å²) < 4.78 is 0. The fourth-order valence-corrected chi connectivity index (χ4v) is 4.61.